The van der Waals surface area contributed by atoms with Crippen molar-refractivity contribution >= 4 is 17.0 Å². The average molecular weight is 265 g/mol. The van der Waals surface area contributed by atoms with E-state index in [1.807, 2.05) is 0 Å². The Morgan fingerprint density at radius 3 is 2.16 bits per heavy atom. The molecule has 2 heterocycles. The zero-order chi connectivity index (χ0) is 14.5. The van der Waals surface area contributed by atoms with Gasteiger partial charge in [-0.05, 0) is 0 Å². The third kappa shape index (κ3) is 1.60. The van der Waals surface area contributed by atoms with Gasteiger partial charge in [0, 0.05) is 27.2 Å². The van der Waals surface area contributed by atoms with Crippen LogP contribution in [0, 0.1) is 0 Å². The molecule has 0 amide bonds. The van der Waals surface area contributed by atoms with E-state index in [-0.39, 0.29) is 11.0 Å². The molecule has 0 radical (unpaired) electrons. The number of hydrogen-bond donors (Lipinski definition) is 1. The summed E-state index contributed by atoms with van der Waals surface area (Å²) < 4.78 is 2.95. The molecule has 2 aromatic heterocycles. The van der Waals surface area contributed by atoms with Crippen molar-refractivity contribution in [3.05, 3.63) is 42.8 Å². The van der Waals surface area contributed by atoms with Gasteiger partial charge in [-0.3, -0.25) is 23.3 Å². The quantitative estimate of drug-likeness (QED) is 0.685. The minimum absolute atomic E-state index is 0.0157. The Bertz CT molecular complexity index is 884. The van der Waals surface area contributed by atoms with E-state index >= 15 is 0 Å². The molecule has 0 aliphatic carbocycles. The molecule has 0 aliphatic rings. The lowest BCUT2D eigenvalue weighted by Gasteiger charge is -2.12. The SMILES string of the molecule is Cn1c(=O)c2c(C(=O)O)cc(=O)n(C)c2n(C)c1=O. The van der Waals surface area contributed by atoms with Crippen molar-refractivity contribution < 1.29 is 9.90 Å². The standard InChI is InChI=1S/C11H11N3O5/c1-12-6(15)4-5(10(17)18)7-8(12)13(2)11(19)14(3)9(7)16/h4H,1-3H3,(H,17,18). The number of carboxylic acids is 1. The van der Waals surface area contributed by atoms with Crippen molar-refractivity contribution in [3.8, 4) is 0 Å². The van der Waals surface area contributed by atoms with E-state index in [0.29, 0.717) is 0 Å². The van der Waals surface area contributed by atoms with Gasteiger partial charge in [0.1, 0.15) is 5.65 Å². The molecule has 0 atom stereocenters. The molecule has 100 valence electrons. The van der Waals surface area contributed by atoms with Crippen LogP contribution in [-0.4, -0.2) is 24.8 Å². The third-order valence-corrected chi connectivity index (χ3v) is 3.05. The first-order valence-corrected chi connectivity index (χ1v) is 5.30. The fourth-order valence-corrected chi connectivity index (χ4v) is 2.03. The van der Waals surface area contributed by atoms with E-state index in [1.165, 1.54) is 21.1 Å². The van der Waals surface area contributed by atoms with E-state index in [2.05, 4.69) is 0 Å². The van der Waals surface area contributed by atoms with Gasteiger partial charge in [-0.15, -0.1) is 0 Å². The van der Waals surface area contributed by atoms with Gasteiger partial charge in [0.2, 0.25) is 0 Å². The lowest BCUT2D eigenvalue weighted by atomic mass is 10.1. The van der Waals surface area contributed by atoms with Crippen LogP contribution < -0.4 is 16.8 Å². The van der Waals surface area contributed by atoms with Crippen molar-refractivity contribution in [2.45, 2.75) is 0 Å². The van der Waals surface area contributed by atoms with Gasteiger partial charge >= 0.3 is 11.7 Å². The Hall–Kier alpha value is -2.64. The van der Waals surface area contributed by atoms with Gasteiger partial charge in [0.15, 0.2) is 0 Å². The summed E-state index contributed by atoms with van der Waals surface area (Å²) in [6.45, 7) is 0. The second-order valence-corrected chi connectivity index (χ2v) is 4.16. The second kappa shape index (κ2) is 3.94. The molecular weight excluding hydrogens is 254 g/mol. The largest absolute Gasteiger partial charge is 0.478 e. The van der Waals surface area contributed by atoms with Gasteiger partial charge in [-0.2, -0.15) is 0 Å². The Kier molecular flexibility index (Phi) is 2.65. The van der Waals surface area contributed by atoms with E-state index in [1.54, 1.807) is 0 Å². The average Bonchev–Trinajstić information content (AvgIpc) is 2.36. The molecule has 0 aliphatic heterocycles. The molecule has 1 N–H and O–H groups in total. The van der Waals surface area contributed by atoms with Gasteiger partial charge in [0.05, 0.1) is 10.9 Å². The van der Waals surface area contributed by atoms with Crippen LogP contribution in [0.15, 0.2) is 20.4 Å². The number of hydrogen-bond acceptors (Lipinski definition) is 4. The molecule has 0 saturated heterocycles. The summed E-state index contributed by atoms with van der Waals surface area (Å²) in [4.78, 5) is 46.7. The summed E-state index contributed by atoms with van der Waals surface area (Å²) in [7, 11) is 3.99. The van der Waals surface area contributed by atoms with Crippen LogP contribution in [0.5, 0.6) is 0 Å². The minimum Gasteiger partial charge on any atom is -0.478 e. The molecule has 2 rings (SSSR count). The number of carbonyl (C=O) groups is 1. The van der Waals surface area contributed by atoms with Crippen LogP contribution in [0.25, 0.3) is 11.0 Å². The molecule has 0 unspecified atom stereocenters. The Morgan fingerprint density at radius 1 is 1.05 bits per heavy atom. The first-order valence-electron chi connectivity index (χ1n) is 5.30. The van der Waals surface area contributed by atoms with Crippen molar-refractivity contribution in [1.82, 2.24) is 13.7 Å². The molecule has 8 nitrogen and oxygen atoms in total. The topological polar surface area (TPSA) is 103 Å². The molecule has 0 saturated carbocycles. The molecule has 0 fully saturated rings. The maximum absolute atomic E-state index is 12.1. The number of fused-ring (bicyclic) bond motifs is 1. The number of nitrogens with zero attached hydrogens (tertiary/aromatic N) is 3. The summed E-state index contributed by atoms with van der Waals surface area (Å²) in [5.74, 6) is -1.39. The first kappa shape index (κ1) is 12.8. The highest BCUT2D eigenvalue weighted by Gasteiger charge is 2.19. The third-order valence-electron chi connectivity index (χ3n) is 3.05. The van der Waals surface area contributed by atoms with Crippen LogP contribution in [0.2, 0.25) is 0 Å². The van der Waals surface area contributed by atoms with Gasteiger partial charge in [-0.1, -0.05) is 0 Å². The van der Waals surface area contributed by atoms with Gasteiger partial charge < -0.3 is 5.11 Å². The van der Waals surface area contributed by atoms with E-state index < -0.39 is 28.3 Å². The minimum atomic E-state index is -1.39. The van der Waals surface area contributed by atoms with Crippen LogP contribution >= 0.6 is 0 Å². The molecule has 0 bridgehead atoms. The van der Waals surface area contributed by atoms with Crippen LogP contribution in [0.1, 0.15) is 10.4 Å². The Balaban J connectivity index is 3.35. The lowest BCUT2D eigenvalue weighted by Crippen LogP contribution is -2.40. The number of pyridine rings is 1. The summed E-state index contributed by atoms with van der Waals surface area (Å²) >= 11 is 0. The predicted octanol–water partition coefficient (Wildman–Crippen LogP) is -1.37. The van der Waals surface area contributed by atoms with Crippen LogP contribution in [-0.2, 0) is 21.1 Å². The molecule has 0 spiro atoms. The van der Waals surface area contributed by atoms with Gasteiger partial charge in [-0.25, -0.2) is 9.59 Å². The summed E-state index contributed by atoms with van der Waals surface area (Å²) in [5, 5.41) is 8.92. The number of rotatable bonds is 1. The van der Waals surface area contributed by atoms with Gasteiger partial charge in [0.25, 0.3) is 11.1 Å². The smallest absolute Gasteiger partial charge is 0.336 e. The highest BCUT2D eigenvalue weighted by Crippen LogP contribution is 2.10. The number of aromatic carboxylic acids is 1. The normalized spacial score (nSPS) is 10.9. The fraction of sp³-hybridized carbons (Fsp3) is 0.273. The lowest BCUT2D eigenvalue weighted by molar-refractivity contribution is 0.0698. The molecule has 8 heteroatoms. The molecule has 0 aromatic carbocycles. The summed E-state index contributed by atoms with van der Waals surface area (Å²) in [6, 6.07) is 0.872. The number of aryl methyl sites for hydroxylation is 2. The zero-order valence-corrected chi connectivity index (χ0v) is 10.5. The van der Waals surface area contributed by atoms with E-state index in [4.69, 9.17) is 5.11 Å². The Labute approximate surface area is 105 Å². The van der Waals surface area contributed by atoms with Crippen molar-refractivity contribution in [2.75, 3.05) is 0 Å². The molecule has 19 heavy (non-hydrogen) atoms. The van der Waals surface area contributed by atoms with Crippen molar-refractivity contribution in [1.29, 1.82) is 0 Å². The summed E-state index contributed by atoms with van der Waals surface area (Å²) in [6.07, 6.45) is 0. The molecular formula is C11H11N3O5. The van der Waals surface area contributed by atoms with Crippen molar-refractivity contribution in [2.24, 2.45) is 21.1 Å². The highest BCUT2D eigenvalue weighted by molar-refractivity contribution is 6.01. The van der Waals surface area contributed by atoms with Crippen LogP contribution in [0.4, 0.5) is 0 Å². The van der Waals surface area contributed by atoms with Crippen molar-refractivity contribution in [3.63, 3.8) is 0 Å². The Morgan fingerprint density at radius 2 is 1.63 bits per heavy atom. The fourth-order valence-electron chi connectivity index (χ4n) is 2.03. The molecule has 2 aromatic rings. The van der Waals surface area contributed by atoms with E-state index in [9.17, 15) is 19.2 Å². The summed E-state index contributed by atoms with van der Waals surface area (Å²) in [5.41, 5.74) is -2.40. The predicted molar refractivity (Wildman–Crippen MR) is 66.6 cm³/mol. The maximum atomic E-state index is 12.1. The highest BCUT2D eigenvalue weighted by atomic mass is 16.4. The van der Waals surface area contributed by atoms with Crippen LogP contribution in [0.3, 0.4) is 0 Å². The first-order chi connectivity index (χ1) is 8.77. The monoisotopic (exact) mass is 265 g/mol. The van der Waals surface area contributed by atoms with E-state index in [0.717, 1.165) is 19.8 Å². The zero-order valence-electron chi connectivity index (χ0n) is 10.5. The maximum Gasteiger partial charge on any atom is 0.336 e. The second-order valence-electron chi connectivity index (χ2n) is 4.16. The number of aromatic nitrogens is 3. The number of carboxylic acid groups (broad SMARTS) is 1.